The highest BCUT2D eigenvalue weighted by Crippen LogP contribution is 2.17. The third kappa shape index (κ3) is 1.49. The van der Waals surface area contributed by atoms with Gasteiger partial charge in [0.1, 0.15) is 5.84 Å². The zero-order valence-electron chi connectivity index (χ0n) is 7.23. The van der Waals surface area contributed by atoms with Crippen molar-refractivity contribution in [2.45, 2.75) is 33.7 Å². The Labute approximate surface area is 62.7 Å². The average Bonchev–Trinajstić information content (AvgIpc) is 2.11. The minimum Gasteiger partial charge on any atom is -0.369 e. The van der Waals surface area contributed by atoms with E-state index in [2.05, 4.69) is 38.0 Å². The molecule has 1 heterocycles. The van der Waals surface area contributed by atoms with Crippen molar-refractivity contribution in [1.82, 2.24) is 5.32 Å². The molecule has 58 valence electrons. The lowest BCUT2D eigenvalue weighted by atomic mass is 9.95. The lowest BCUT2D eigenvalue weighted by Crippen LogP contribution is -2.35. The Morgan fingerprint density at radius 3 is 2.30 bits per heavy atom. The Morgan fingerprint density at radius 1 is 1.50 bits per heavy atom. The number of hydrogen-bond donors (Lipinski definition) is 1. The topological polar surface area (TPSA) is 24.4 Å². The summed E-state index contributed by atoms with van der Waals surface area (Å²) < 4.78 is 0. The van der Waals surface area contributed by atoms with Crippen LogP contribution in [-0.2, 0) is 0 Å². The number of aliphatic imine (C=N–C) groups is 1. The number of nitrogens with zero attached hydrogens (tertiary/aromatic N) is 1. The predicted molar refractivity (Wildman–Crippen MR) is 44.4 cm³/mol. The molecule has 2 nitrogen and oxygen atoms in total. The second kappa shape index (κ2) is 2.26. The van der Waals surface area contributed by atoms with Crippen molar-refractivity contribution < 1.29 is 0 Å². The monoisotopic (exact) mass is 140 g/mol. The third-order valence-electron chi connectivity index (χ3n) is 1.62. The van der Waals surface area contributed by atoms with Crippen molar-refractivity contribution in [1.29, 1.82) is 0 Å². The van der Waals surface area contributed by atoms with Gasteiger partial charge in [0.05, 0.1) is 6.54 Å². The molecule has 0 saturated heterocycles. The molecule has 0 spiro atoms. The summed E-state index contributed by atoms with van der Waals surface area (Å²) in [6.45, 7) is 9.62. The van der Waals surface area contributed by atoms with Gasteiger partial charge >= 0.3 is 0 Å². The lowest BCUT2D eigenvalue weighted by Gasteiger charge is -2.19. The summed E-state index contributed by atoms with van der Waals surface area (Å²) in [5, 5.41) is 3.34. The molecule has 1 atom stereocenters. The molecular weight excluding hydrogens is 124 g/mol. The highest BCUT2D eigenvalue weighted by molar-refractivity contribution is 5.88. The maximum atomic E-state index is 4.39. The number of hydrogen-bond acceptors (Lipinski definition) is 2. The molecule has 0 fully saturated rings. The minimum absolute atomic E-state index is 0.199. The molecule has 1 aliphatic heterocycles. The molecule has 0 aromatic carbocycles. The van der Waals surface area contributed by atoms with E-state index < -0.39 is 0 Å². The Bertz CT molecular complexity index is 153. The van der Waals surface area contributed by atoms with Gasteiger partial charge in [0, 0.05) is 11.5 Å². The van der Waals surface area contributed by atoms with Crippen LogP contribution in [0.15, 0.2) is 4.99 Å². The fourth-order valence-corrected chi connectivity index (χ4v) is 1.01. The Kier molecular flexibility index (Phi) is 1.71. The van der Waals surface area contributed by atoms with Crippen LogP contribution in [0, 0.1) is 5.41 Å². The number of rotatable bonds is 0. The van der Waals surface area contributed by atoms with Gasteiger partial charge in [0.2, 0.25) is 0 Å². The first-order valence-electron chi connectivity index (χ1n) is 3.81. The van der Waals surface area contributed by atoms with Gasteiger partial charge in [-0.2, -0.15) is 0 Å². The summed E-state index contributed by atoms with van der Waals surface area (Å²) in [6.07, 6.45) is 0. The van der Waals surface area contributed by atoms with Crippen molar-refractivity contribution in [2.24, 2.45) is 10.4 Å². The van der Waals surface area contributed by atoms with E-state index in [0.717, 1.165) is 12.4 Å². The first-order chi connectivity index (χ1) is 4.50. The zero-order valence-corrected chi connectivity index (χ0v) is 7.23. The van der Waals surface area contributed by atoms with Gasteiger partial charge in [-0.3, -0.25) is 4.99 Å². The summed E-state index contributed by atoms with van der Waals surface area (Å²) in [5.74, 6) is 1.15. The second-order valence-electron chi connectivity index (χ2n) is 3.98. The maximum absolute atomic E-state index is 4.39. The standard InChI is InChI=1S/C8H16N2/c1-6-5-9-7(10-6)8(2,3)4/h6H,5H2,1-4H3,(H,9,10). The normalized spacial score (nSPS) is 26.0. The van der Waals surface area contributed by atoms with Gasteiger partial charge in [-0.15, -0.1) is 0 Å². The summed E-state index contributed by atoms with van der Waals surface area (Å²) in [5.41, 5.74) is 0.199. The first-order valence-corrected chi connectivity index (χ1v) is 3.81. The molecule has 0 bridgehead atoms. The predicted octanol–water partition coefficient (Wildman–Crippen LogP) is 1.42. The quantitative estimate of drug-likeness (QED) is 0.540. The molecule has 0 saturated carbocycles. The maximum Gasteiger partial charge on any atom is 0.102 e. The first kappa shape index (κ1) is 7.58. The fraction of sp³-hybridized carbons (Fsp3) is 0.875. The van der Waals surface area contributed by atoms with Crippen LogP contribution >= 0.6 is 0 Å². The Morgan fingerprint density at radius 2 is 2.10 bits per heavy atom. The van der Waals surface area contributed by atoms with Crippen LogP contribution < -0.4 is 5.32 Å². The van der Waals surface area contributed by atoms with Crippen LogP contribution in [0.5, 0.6) is 0 Å². The van der Waals surface area contributed by atoms with Crippen LogP contribution in [0.4, 0.5) is 0 Å². The van der Waals surface area contributed by atoms with Crippen LogP contribution in [0.2, 0.25) is 0 Å². The molecule has 1 rings (SSSR count). The molecule has 1 N–H and O–H groups in total. The fourth-order valence-electron chi connectivity index (χ4n) is 1.01. The second-order valence-corrected chi connectivity index (χ2v) is 3.98. The van der Waals surface area contributed by atoms with Crippen molar-refractivity contribution in [3.05, 3.63) is 0 Å². The third-order valence-corrected chi connectivity index (χ3v) is 1.62. The van der Waals surface area contributed by atoms with E-state index in [1.807, 2.05) is 0 Å². The molecule has 0 amide bonds. The van der Waals surface area contributed by atoms with Crippen molar-refractivity contribution in [3.8, 4) is 0 Å². The average molecular weight is 140 g/mol. The highest BCUT2D eigenvalue weighted by atomic mass is 15.1. The molecule has 10 heavy (non-hydrogen) atoms. The van der Waals surface area contributed by atoms with Gasteiger partial charge < -0.3 is 5.32 Å². The largest absolute Gasteiger partial charge is 0.369 e. The molecular formula is C8H16N2. The van der Waals surface area contributed by atoms with Crippen molar-refractivity contribution in [3.63, 3.8) is 0 Å². The van der Waals surface area contributed by atoms with E-state index in [9.17, 15) is 0 Å². The van der Waals surface area contributed by atoms with Crippen molar-refractivity contribution in [2.75, 3.05) is 6.54 Å². The Hall–Kier alpha value is -0.530. The van der Waals surface area contributed by atoms with E-state index in [1.54, 1.807) is 0 Å². The number of nitrogens with one attached hydrogen (secondary N) is 1. The number of amidine groups is 1. The van der Waals surface area contributed by atoms with E-state index in [-0.39, 0.29) is 5.41 Å². The molecule has 0 aromatic rings. The van der Waals surface area contributed by atoms with E-state index >= 15 is 0 Å². The van der Waals surface area contributed by atoms with Gasteiger partial charge in [0.15, 0.2) is 0 Å². The molecule has 0 radical (unpaired) electrons. The zero-order chi connectivity index (χ0) is 7.78. The van der Waals surface area contributed by atoms with Crippen LogP contribution in [0.3, 0.4) is 0 Å². The minimum atomic E-state index is 0.199. The van der Waals surface area contributed by atoms with Crippen LogP contribution in [-0.4, -0.2) is 18.4 Å². The molecule has 1 unspecified atom stereocenters. The summed E-state index contributed by atoms with van der Waals surface area (Å²) in [4.78, 5) is 4.39. The van der Waals surface area contributed by atoms with Gasteiger partial charge in [0.25, 0.3) is 0 Å². The highest BCUT2D eigenvalue weighted by Gasteiger charge is 2.23. The molecule has 1 aliphatic rings. The summed E-state index contributed by atoms with van der Waals surface area (Å²) >= 11 is 0. The SMILES string of the molecule is CC1CN=C(C(C)(C)C)N1. The Balaban J connectivity index is 2.60. The van der Waals surface area contributed by atoms with Crippen molar-refractivity contribution >= 4 is 5.84 Å². The van der Waals surface area contributed by atoms with E-state index in [4.69, 9.17) is 0 Å². The van der Waals surface area contributed by atoms with Crippen LogP contribution in [0.1, 0.15) is 27.7 Å². The van der Waals surface area contributed by atoms with E-state index in [0.29, 0.717) is 6.04 Å². The summed E-state index contributed by atoms with van der Waals surface area (Å²) in [6, 6.07) is 0.536. The van der Waals surface area contributed by atoms with E-state index in [1.165, 1.54) is 0 Å². The lowest BCUT2D eigenvalue weighted by molar-refractivity contribution is 0.565. The molecule has 2 heteroatoms. The van der Waals surface area contributed by atoms with Gasteiger partial charge in [-0.1, -0.05) is 20.8 Å². The molecule has 0 aromatic heterocycles. The molecule has 0 aliphatic carbocycles. The smallest absolute Gasteiger partial charge is 0.102 e. The van der Waals surface area contributed by atoms with Gasteiger partial charge in [-0.25, -0.2) is 0 Å². The summed E-state index contributed by atoms with van der Waals surface area (Å²) in [7, 11) is 0. The van der Waals surface area contributed by atoms with Crippen LogP contribution in [0.25, 0.3) is 0 Å². The van der Waals surface area contributed by atoms with Gasteiger partial charge in [-0.05, 0) is 6.92 Å².